The van der Waals surface area contributed by atoms with Crippen molar-refractivity contribution < 1.29 is 23.8 Å². The van der Waals surface area contributed by atoms with Gasteiger partial charge in [-0.3, -0.25) is 4.79 Å². The normalized spacial score (nSPS) is 10.7. The van der Waals surface area contributed by atoms with Gasteiger partial charge in [-0.15, -0.1) is 0 Å². The number of rotatable bonds is 9. The molecule has 4 rings (SSSR count). The number of methoxy groups -OCH3 is 1. The van der Waals surface area contributed by atoms with E-state index in [4.69, 9.17) is 37.4 Å². The molecule has 1 amide bonds. The highest BCUT2D eigenvalue weighted by Gasteiger charge is 2.11. The van der Waals surface area contributed by atoms with Gasteiger partial charge >= 0.3 is 5.97 Å². The first-order valence-electron chi connectivity index (χ1n) is 11.5. The van der Waals surface area contributed by atoms with Crippen LogP contribution in [0.2, 0.25) is 10.0 Å². The highest BCUT2D eigenvalue weighted by molar-refractivity contribution is 6.35. The summed E-state index contributed by atoms with van der Waals surface area (Å²) in [7, 11) is 1.56. The second-order valence-electron chi connectivity index (χ2n) is 8.04. The van der Waals surface area contributed by atoms with Crippen molar-refractivity contribution in [3.05, 3.63) is 124 Å². The average Bonchev–Trinajstić information content (AvgIpc) is 2.94. The van der Waals surface area contributed by atoms with Crippen molar-refractivity contribution in [2.75, 3.05) is 12.4 Å². The molecule has 0 fully saturated rings. The molecule has 0 aliphatic carbocycles. The molecule has 1 N–H and O–H groups in total. The summed E-state index contributed by atoms with van der Waals surface area (Å²) in [6, 6.07) is 26.1. The number of nitrogens with one attached hydrogen (secondary N) is 1. The van der Waals surface area contributed by atoms with Crippen LogP contribution in [0, 0.1) is 0 Å². The van der Waals surface area contributed by atoms with Gasteiger partial charge in [0.15, 0.2) is 11.5 Å². The van der Waals surface area contributed by atoms with E-state index < -0.39 is 5.97 Å². The molecule has 0 spiro atoms. The smallest absolute Gasteiger partial charge is 0.336 e. The molecule has 0 heterocycles. The lowest BCUT2D eigenvalue weighted by Gasteiger charge is -2.11. The molecule has 0 aliphatic rings. The third-order valence-corrected chi connectivity index (χ3v) is 5.91. The van der Waals surface area contributed by atoms with Gasteiger partial charge in [0.25, 0.3) is 5.91 Å². The van der Waals surface area contributed by atoms with E-state index in [2.05, 4.69) is 5.32 Å². The molecule has 38 heavy (non-hydrogen) atoms. The SMILES string of the molecule is COc1cc(/C=C/C(=O)Oc2ccc(C(=O)Nc3cc(Cl)ccc3Cl)cc2)ccc1OCc1ccccc1. The van der Waals surface area contributed by atoms with Crippen molar-refractivity contribution in [2.45, 2.75) is 6.61 Å². The molecule has 0 atom stereocenters. The molecule has 192 valence electrons. The number of halogens is 2. The Labute approximate surface area is 230 Å². The average molecular weight is 548 g/mol. The fraction of sp³-hybridized carbons (Fsp3) is 0.0667. The van der Waals surface area contributed by atoms with Crippen LogP contribution in [0.15, 0.2) is 97.1 Å². The van der Waals surface area contributed by atoms with E-state index in [-0.39, 0.29) is 5.91 Å². The number of hydrogen-bond acceptors (Lipinski definition) is 5. The zero-order valence-corrected chi connectivity index (χ0v) is 21.8. The number of carbonyl (C=O) groups is 2. The lowest BCUT2D eigenvalue weighted by atomic mass is 10.2. The monoisotopic (exact) mass is 547 g/mol. The summed E-state index contributed by atoms with van der Waals surface area (Å²) in [5, 5.41) is 3.52. The zero-order chi connectivity index (χ0) is 26.9. The van der Waals surface area contributed by atoms with E-state index >= 15 is 0 Å². The van der Waals surface area contributed by atoms with Gasteiger partial charge in [-0.25, -0.2) is 4.79 Å². The first kappa shape index (κ1) is 26.8. The van der Waals surface area contributed by atoms with Crippen LogP contribution >= 0.6 is 23.2 Å². The Balaban J connectivity index is 1.33. The molecule has 4 aromatic rings. The molecule has 0 aliphatic heterocycles. The molecule has 0 aromatic heterocycles. The summed E-state index contributed by atoms with van der Waals surface area (Å²) in [4.78, 5) is 24.8. The van der Waals surface area contributed by atoms with Crippen LogP contribution in [0.25, 0.3) is 6.08 Å². The van der Waals surface area contributed by atoms with E-state index in [0.29, 0.717) is 45.2 Å². The van der Waals surface area contributed by atoms with Crippen LogP contribution in [0.1, 0.15) is 21.5 Å². The third-order valence-electron chi connectivity index (χ3n) is 5.35. The predicted octanol–water partition coefficient (Wildman–Crippen LogP) is 7.45. The topological polar surface area (TPSA) is 73.9 Å². The maximum Gasteiger partial charge on any atom is 0.336 e. The quantitative estimate of drug-likeness (QED) is 0.134. The number of anilines is 1. The van der Waals surface area contributed by atoms with Crippen molar-refractivity contribution in [3.8, 4) is 17.2 Å². The zero-order valence-electron chi connectivity index (χ0n) is 20.3. The first-order chi connectivity index (χ1) is 18.4. The van der Waals surface area contributed by atoms with Gasteiger partial charge in [-0.05, 0) is 71.8 Å². The van der Waals surface area contributed by atoms with Crippen LogP contribution < -0.4 is 19.5 Å². The Kier molecular flexibility index (Phi) is 9.03. The molecule has 6 nitrogen and oxygen atoms in total. The highest BCUT2D eigenvalue weighted by Crippen LogP contribution is 2.29. The lowest BCUT2D eigenvalue weighted by Crippen LogP contribution is -2.12. The molecule has 0 bridgehead atoms. The summed E-state index contributed by atoms with van der Waals surface area (Å²) in [5.41, 5.74) is 2.54. The summed E-state index contributed by atoms with van der Waals surface area (Å²) in [6.45, 7) is 0.410. The van der Waals surface area contributed by atoms with Crippen molar-refractivity contribution in [3.63, 3.8) is 0 Å². The van der Waals surface area contributed by atoms with Gasteiger partial charge < -0.3 is 19.5 Å². The summed E-state index contributed by atoms with van der Waals surface area (Å²) < 4.78 is 16.6. The maximum absolute atomic E-state index is 12.5. The van der Waals surface area contributed by atoms with Gasteiger partial charge in [-0.2, -0.15) is 0 Å². The van der Waals surface area contributed by atoms with Crippen molar-refractivity contribution in [1.29, 1.82) is 0 Å². The van der Waals surface area contributed by atoms with Gasteiger partial charge in [0.05, 0.1) is 17.8 Å². The fourth-order valence-corrected chi connectivity index (χ4v) is 3.76. The molecular formula is C30H23Cl2NO5. The second kappa shape index (κ2) is 12.8. The Morgan fingerprint density at radius 3 is 2.37 bits per heavy atom. The van der Waals surface area contributed by atoms with Crippen LogP contribution in [-0.4, -0.2) is 19.0 Å². The Morgan fingerprint density at radius 1 is 0.868 bits per heavy atom. The number of carbonyl (C=O) groups excluding carboxylic acids is 2. The second-order valence-corrected chi connectivity index (χ2v) is 8.89. The third kappa shape index (κ3) is 7.38. The van der Waals surface area contributed by atoms with E-state index in [0.717, 1.165) is 11.1 Å². The molecule has 0 saturated heterocycles. The van der Waals surface area contributed by atoms with E-state index in [1.165, 1.54) is 18.2 Å². The maximum atomic E-state index is 12.5. The van der Waals surface area contributed by atoms with E-state index in [1.807, 2.05) is 36.4 Å². The number of benzene rings is 4. The molecule has 8 heteroatoms. The highest BCUT2D eigenvalue weighted by atomic mass is 35.5. The summed E-state index contributed by atoms with van der Waals surface area (Å²) in [6.07, 6.45) is 2.92. The van der Waals surface area contributed by atoms with E-state index in [9.17, 15) is 9.59 Å². The predicted molar refractivity (Wildman–Crippen MR) is 149 cm³/mol. The van der Waals surface area contributed by atoms with Crippen LogP contribution in [0.3, 0.4) is 0 Å². The molecule has 4 aromatic carbocycles. The fourth-order valence-electron chi connectivity index (χ4n) is 3.42. The van der Waals surface area contributed by atoms with Crippen LogP contribution in [-0.2, 0) is 11.4 Å². The Hall–Kier alpha value is -4.26. The van der Waals surface area contributed by atoms with Gasteiger partial charge in [-0.1, -0.05) is 59.6 Å². The first-order valence-corrected chi connectivity index (χ1v) is 12.3. The van der Waals surface area contributed by atoms with Gasteiger partial charge in [0.2, 0.25) is 0 Å². The largest absolute Gasteiger partial charge is 0.493 e. The van der Waals surface area contributed by atoms with Gasteiger partial charge in [0.1, 0.15) is 12.4 Å². The van der Waals surface area contributed by atoms with Crippen LogP contribution in [0.4, 0.5) is 5.69 Å². The van der Waals surface area contributed by atoms with E-state index in [1.54, 1.807) is 55.7 Å². The summed E-state index contributed by atoms with van der Waals surface area (Å²) in [5.74, 6) is 0.481. The number of amides is 1. The van der Waals surface area contributed by atoms with Crippen molar-refractivity contribution in [2.24, 2.45) is 0 Å². The lowest BCUT2D eigenvalue weighted by molar-refractivity contribution is -0.128. The number of hydrogen-bond donors (Lipinski definition) is 1. The van der Waals surface area contributed by atoms with Gasteiger partial charge in [0, 0.05) is 16.7 Å². The molecular weight excluding hydrogens is 525 g/mol. The Bertz CT molecular complexity index is 1450. The van der Waals surface area contributed by atoms with Crippen molar-refractivity contribution in [1.82, 2.24) is 0 Å². The minimum Gasteiger partial charge on any atom is -0.493 e. The summed E-state index contributed by atoms with van der Waals surface area (Å²) >= 11 is 12.1. The van der Waals surface area contributed by atoms with Crippen molar-refractivity contribution >= 4 is 46.8 Å². The minimum absolute atomic E-state index is 0.291. The van der Waals surface area contributed by atoms with Crippen LogP contribution in [0.5, 0.6) is 17.2 Å². The standard InChI is InChI=1S/C30H23Cl2NO5/c1-36-28-17-20(7-15-27(28)37-19-21-5-3-2-4-6-21)8-16-29(34)38-24-12-9-22(10-13-24)30(35)33-26-18-23(31)11-14-25(26)32/h2-18H,19H2,1H3,(H,33,35)/b16-8+. The minimum atomic E-state index is -0.573. The molecule has 0 unspecified atom stereocenters. The number of esters is 1. The molecule has 0 saturated carbocycles. The number of ether oxygens (including phenoxy) is 3. The Morgan fingerprint density at radius 2 is 1.63 bits per heavy atom. The molecule has 0 radical (unpaired) electrons.